The molecule has 2 aromatic carbocycles. The number of fused-ring (bicyclic) bond motifs is 1. The maximum absolute atomic E-state index is 12.0. The third-order valence-electron chi connectivity index (χ3n) is 4.40. The fraction of sp³-hybridized carbons (Fsp3) is 0.176. The van der Waals surface area contributed by atoms with E-state index < -0.39 is 0 Å². The molecule has 1 aliphatic heterocycles. The lowest BCUT2D eigenvalue weighted by Gasteiger charge is -2.20. The Hall–Kier alpha value is -2.22. The van der Waals surface area contributed by atoms with Crippen molar-refractivity contribution in [1.82, 2.24) is 0 Å². The number of benzene rings is 2. The van der Waals surface area contributed by atoms with E-state index >= 15 is 0 Å². The maximum atomic E-state index is 12.0. The van der Waals surface area contributed by atoms with Crippen molar-refractivity contribution < 1.29 is 4.79 Å². The molecule has 2 aromatic rings. The highest BCUT2D eigenvalue weighted by molar-refractivity contribution is 6.04. The van der Waals surface area contributed by atoms with Gasteiger partial charge in [-0.15, -0.1) is 0 Å². The smallest absolute Gasteiger partial charge is 0.250 e. The summed E-state index contributed by atoms with van der Waals surface area (Å²) in [5, 5.41) is 0. The second-order valence-corrected chi connectivity index (χ2v) is 5.22. The molecule has 0 N–H and O–H groups in total. The summed E-state index contributed by atoms with van der Waals surface area (Å²) in [7, 11) is 0. The highest BCUT2D eigenvalue weighted by atomic mass is 16.1. The first-order chi connectivity index (χ1) is 9.35. The lowest BCUT2D eigenvalue weighted by atomic mass is 9.84. The highest BCUT2D eigenvalue weighted by Crippen LogP contribution is 2.65. The van der Waals surface area contributed by atoms with Crippen LogP contribution in [0.15, 0.2) is 65.7 Å². The van der Waals surface area contributed by atoms with Crippen molar-refractivity contribution in [2.75, 3.05) is 0 Å². The Kier molecular flexibility index (Phi) is 2.05. The monoisotopic (exact) mass is 247 g/mol. The maximum Gasteiger partial charge on any atom is 0.250 e. The molecule has 2 atom stereocenters. The van der Waals surface area contributed by atoms with Crippen molar-refractivity contribution in [3.05, 3.63) is 71.8 Å². The van der Waals surface area contributed by atoms with Gasteiger partial charge in [0.25, 0.3) is 0 Å². The topological polar surface area (TPSA) is 29.4 Å². The summed E-state index contributed by atoms with van der Waals surface area (Å²) >= 11 is 0. The predicted octanol–water partition coefficient (Wildman–Crippen LogP) is 2.83. The summed E-state index contributed by atoms with van der Waals surface area (Å²) in [4.78, 5) is 15.9. The van der Waals surface area contributed by atoms with Crippen LogP contribution < -0.4 is 0 Å². The van der Waals surface area contributed by atoms with E-state index in [0.29, 0.717) is 0 Å². The average Bonchev–Trinajstić information content (AvgIpc) is 3.02. The molecule has 1 heterocycles. The molecule has 0 radical (unpaired) electrons. The van der Waals surface area contributed by atoms with Gasteiger partial charge in [0.05, 0.1) is 5.92 Å². The number of carbonyl (C=O) groups is 1. The van der Waals surface area contributed by atoms with E-state index in [0.717, 1.165) is 0 Å². The van der Waals surface area contributed by atoms with E-state index in [1.165, 1.54) is 11.1 Å². The number of nitrogens with zero attached hydrogens (tertiary/aromatic N) is 1. The number of hydrogen-bond donors (Lipinski definition) is 0. The molecule has 2 heteroatoms. The molecule has 1 aliphatic carbocycles. The fourth-order valence-corrected chi connectivity index (χ4v) is 3.54. The highest BCUT2D eigenvalue weighted by Gasteiger charge is 2.71. The van der Waals surface area contributed by atoms with Crippen LogP contribution in [-0.2, 0) is 10.2 Å². The molecule has 1 amide bonds. The number of rotatable bonds is 2. The third kappa shape index (κ3) is 1.26. The first-order valence-corrected chi connectivity index (χ1v) is 6.54. The summed E-state index contributed by atoms with van der Waals surface area (Å²) < 4.78 is 0. The zero-order chi connectivity index (χ0) is 12.9. The van der Waals surface area contributed by atoms with Gasteiger partial charge in [0.2, 0.25) is 5.91 Å². The minimum absolute atomic E-state index is 0.00250. The van der Waals surface area contributed by atoms with Crippen molar-refractivity contribution in [3.8, 4) is 0 Å². The number of carbonyl (C=O) groups excluding carboxylic acids is 1. The molecule has 1 fully saturated rings. The third-order valence-corrected chi connectivity index (χ3v) is 4.40. The number of amides is 1. The van der Waals surface area contributed by atoms with Crippen molar-refractivity contribution in [2.24, 2.45) is 16.8 Å². The molecular weight excluding hydrogens is 234 g/mol. The van der Waals surface area contributed by atoms with Gasteiger partial charge in [-0.05, 0) is 11.1 Å². The lowest BCUT2D eigenvalue weighted by Crippen LogP contribution is -2.19. The van der Waals surface area contributed by atoms with Crippen LogP contribution >= 0.6 is 0 Å². The molecule has 0 aromatic heterocycles. The molecule has 0 bridgehead atoms. The molecule has 4 rings (SSSR count). The van der Waals surface area contributed by atoms with Gasteiger partial charge in [-0.2, -0.15) is 0 Å². The molecular formula is C17H13NO. The van der Waals surface area contributed by atoms with Crippen LogP contribution in [0.1, 0.15) is 11.1 Å². The van der Waals surface area contributed by atoms with Crippen molar-refractivity contribution in [3.63, 3.8) is 0 Å². The van der Waals surface area contributed by atoms with Gasteiger partial charge in [0.1, 0.15) is 0 Å². The molecule has 2 nitrogen and oxygen atoms in total. The van der Waals surface area contributed by atoms with Crippen LogP contribution in [0.4, 0.5) is 0 Å². The van der Waals surface area contributed by atoms with Crippen LogP contribution in [-0.4, -0.2) is 12.1 Å². The van der Waals surface area contributed by atoms with E-state index in [2.05, 4.69) is 29.3 Å². The summed E-state index contributed by atoms with van der Waals surface area (Å²) in [5.74, 6) is 0.250. The lowest BCUT2D eigenvalue weighted by molar-refractivity contribution is -0.118. The van der Waals surface area contributed by atoms with Gasteiger partial charge >= 0.3 is 0 Å². The van der Waals surface area contributed by atoms with E-state index in [4.69, 9.17) is 0 Å². The van der Waals surface area contributed by atoms with E-state index in [1.807, 2.05) is 42.6 Å². The minimum Gasteiger partial charge on any atom is -0.272 e. The molecule has 19 heavy (non-hydrogen) atoms. The first kappa shape index (κ1) is 10.7. The SMILES string of the molecule is O=C1N=CC2C1C2(c1ccccc1)c1ccccc1. The van der Waals surface area contributed by atoms with Crippen LogP contribution in [0.25, 0.3) is 0 Å². The normalized spacial score (nSPS) is 26.2. The van der Waals surface area contributed by atoms with Crippen LogP contribution in [0.2, 0.25) is 0 Å². The standard InChI is InChI=1S/C17H13NO/c19-16-15-14(11-18-16)17(15,12-7-3-1-4-8-12)13-9-5-2-6-10-13/h1-11,14-15H. The van der Waals surface area contributed by atoms with E-state index in [-0.39, 0.29) is 23.2 Å². The fourth-order valence-electron chi connectivity index (χ4n) is 3.54. The van der Waals surface area contributed by atoms with Crippen molar-refractivity contribution in [1.29, 1.82) is 0 Å². The van der Waals surface area contributed by atoms with Crippen molar-refractivity contribution >= 4 is 12.1 Å². The molecule has 2 aliphatic rings. The zero-order valence-corrected chi connectivity index (χ0v) is 10.4. The molecule has 92 valence electrons. The molecule has 0 spiro atoms. The molecule has 0 saturated heterocycles. The quantitative estimate of drug-likeness (QED) is 0.802. The predicted molar refractivity (Wildman–Crippen MR) is 74.1 cm³/mol. The van der Waals surface area contributed by atoms with E-state index in [9.17, 15) is 4.79 Å². The number of hydrogen-bond acceptors (Lipinski definition) is 1. The van der Waals surface area contributed by atoms with Gasteiger partial charge in [0, 0.05) is 17.5 Å². The van der Waals surface area contributed by atoms with E-state index in [1.54, 1.807) is 0 Å². The van der Waals surface area contributed by atoms with Crippen LogP contribution in [0, 0.1) is 11.8 Å². The van der Waals surface area contributed by atoms with Crippen molar-refractivity contribution in [2.45, 2.75) is 5.41 Å². The summed E-state index contributed by atoms with van der Waals surface area (Å²) in [6, 6.07) is 20.6. The Balaban J connectivity index is 1.93. The largest absolute Gasteiger partial charge is 0.272 e. The van der Waals surface area contributed by atoms with Gasteiger partial charge in [-0.1, -0.05) is 60.7 Å². The molecule has 1 saturated carbocycles. The zero-order valence-electron chi connectivity index (χ0n) is 10.4. The Labute approximate surface area is 111 Å². The second-order valence-electron chi connectivity index (χ2n) is 5.22. The Morgan fingerprint density at radius 3 is 1.79 bits per heavy atom. The van der Waals surface area contributed by atoms with Gasteiger partial charge in [-0.3, -0.25) is 4.79 Å². The Morgan fingerprint density at radius 2 is 1.37 bits per heavy atom. The first-order valence-electron chi connectivity index (χ1n) is 6.54. The number of aliphatic imine (C=N–C) groups is 1. The van der Waals surface area contributed by atoms with Gasteiger partial charge in [-0.25, -0.2) is 4.99 Å². The summed E-state index contributed by atoms with van der Waals surface area (Å²) in [6.07, 6.45) is 1.84. The van der Waals surface area contributed by atoms with Crippen LogP contribution in [0.5, 0.6) is 0 Å². The summed E-state index contributed by atoms with van der Waals surface area (Å²) in [5.41, 5.74) is 2.26. The summed E-state index contributed by atoms with van der Waals surface area (Å²) in [6.45, 7) is 0. The van der Waals surface area contributed by atoms with Gasteiger partial charge < -0.3 is 0 Å². The average molecular weight is 247 g/mol. The van der Waals surface area contributed by atoms with Gasteiger partial charge in [0.15, 0.2) is 0 Å². The Morgan fingerprint density at radius 1 is 0.842 bits per heavy atom. The molecule has 2 unspecified atom stereocenters. The second kappa shape index (κ2) is 3.64. The Bertz CT molecular complexity index is 621. The van der Waals surface area contributed by atoms with Crippen LogP contribution in [0.3, 0.4) is 0 Å². The minimum atomic E-state index is -0.179.